The second kappa shape index (κ2) is 6.16. The first-order chi connectivity index (χ1) is 7.63. The smallest absolute Gasteiger partial charge is 0.321 e. The maximum Gasteiger partial charge on any atom is 0.321 e. The van der Waals surface area contributed by atoms with Gasteiger partial charge in [-0.3, -0.25) is 0 Å². The van der Waals surface area contributed by atoms with Crippen LogP contribution in [0.4, 0.5) is 10.5 Å². The quantitative estimate of drug-likeness (QED) is 0.830. The average Bonchev–Trinajstić information content (AvgIpc) is 2.29. The molecule has 0 spiro atoms. The van der Waals surface area contributed by atoms with Gasteiger partial charge in [0.2, 0.25) is 0 Å². The molecule has 1 N–H and O–H groups in total. The molecule has 0 aliphatic carbocycles. The fraction of sp³-hybridized carbons (Fsp3) is 0.462. The van der Waals surface area contributed by atoms with Crippen LogP contribution in [0.5, 0.6) is 0 Å². The zero-order valence-electron chi connectivity index (χ0n) is 10.3. The van der Waals surface area contributed by atoms with Crippen molar-refractivity contribution in [2.45, 2.75) is 26.7 Å². The third-order valence-corrected chi connectivity index (χ3v) is 2.50. The minimum Gasteiger partial charge on any atom is -0.328 e. The maximum atomic E-state index is 11.7. The summed E-state index contributed by atoms with van der Waals surface area (Å²) in [5, 5.41) is 2.86. The first kappa shape index (κ1) is 12.6. The first-order valence-corrected chi connectivity index (χ1v) is 5.72. The molecule has 3 heteroatoms. The summed E-state index contributed by atoms with van der Waals surface area (Å²) in [6, 6.07) is 7.77. The monoisotopic (exact) mass is 220 g/mol. The van der Waals surface area contributed by atoms with Gasteiger partial charge in [-0.1, -0.05) is 31.0 Å². The highest BCUT2D eigenvalue weighted by molar-refractivity contribution is 5.89. The lowest BCUT2D eigenvalue weighted by molar-refractivity contribution is 0.222. The van der Waals surface area contributed by atoms with Gasteiger partial charge >= 0.3 is 6.03 Å². The van der Waals surface area contributed by atoms with Crippen molar-refractivity contribution in [3.63, 3.8) is 0 Å². The van der Waals surface area contributed by atoms with Crippen LogP contribution >= 0.6 is 0 Å². The molecule has 1 rings (SSSR count). The number of amides is 2. The van der Waals surface area contributed by atoms with Gasteiger partial charge in [-0.05, 0) is 25.5 Å². The summed E-state index contributed by atoms with van der Waals surface area (Å²) in [4.78, 5) is 13.4. The summed E-state index contributed by atoms with van der Waals surface area (Å²) in [5.41, 5.74) is 2.04. The molecule has 3 nitrogen and oxygen atoms in total. The number of hydrogen-bond acceptors (Lipinski definition) is 1. The zero-order valence-corrected chi connectivity index (χ0v) is 10.3. The SMILES string of the molecule is CCCCN(C)C(=O)Nc1ccc(C)cc1. The Balaban J connectivity index is 2.47. The van der Waals surface area contributed by atoms with Crippen LogP contribution in [0.2, 0.25) is 0 Å². The van der Waals surface area contributed by atoms with Gasteiger partial charge in [0.15, 0.2) is 0 Å². The number of urea groups is 1. The first-order valence-electron chi connectivity index (χ1n) is 5.72. The highest BCUT2D eigenvalue weighted by Crippen LogP contribution is 2.09. The minimum atomic E-state index is -0.0442. The second-order valence-electron chi connectivity index (χ2n) is 4.07. The molecule has 16 heavy (non-hydrogen) atoms. The molecule has 0 fully saturated rings. The molecule has 0 unspecified atom stereocenters. The van der Waals surface area contributed by atoms with Gasteiger partial charge in [0.25, 0.3) is 0 Å². The van der Waals surface area contributed by atoms with Crippen LogP contribution in [0.15, 0.2) is 24.3 Å². The molecule has 0 aliphatic heterocycles. The Bertz CT molecular complexity index is 332. The minimum absolute atomic E-state index is 0.0442. The molecule has 0 aromatic heterocycles. The molecule has 1 aromatic carbocycles. The van der Waals surface area contributed by atoms with Crippen LogP contribution in [-0.2, 0) is 0 Å². The largest absolute Gasteiger partial charge is 0.328 e. The molecule has 0 radical (unpaired) electrons. The number of carbonyl (C=O) groups is 1. The fourth-order valence-electron chi connectivity index (χ4n) is 1.35. The number of nitrogens with one attached hydrogen (secondary N) is 1. The topological polar surface area (TPSA) is 32.3 Å². The van der Waals surface area contributed by atoms with Gasteiger partial charge in [-0.15, -0.1) is 0 Å². The molecule has 1 aromatic rings. The molecule has 88 valence electrons. The lowest BCUT2D eigenvalue weighted by Crippen LogP contribution is -2.32. The number of benzene rings is 1. The lowest BCUT2D eigenvalue weighted by Gasteiger charge is -2.17. The average molecular weight is 220 g/mol. The Kier molecular flexibility index (Phi) is 4.83. The number of rotatable bonds is 4. The van der Waals surface area contributed by atoms with Crippen molar-refractivity contribution in [2.24, 2.45) is 0 Å². The summed E-state index contributed by atoms with van der Waals surface area (Å²) in [5.74, 6) is 0. The van der Waals surface area contributed by atoms with E-state index >= 15 is 0 Å². The van der Waals surface area contributed by atoms with Gasteiger partial charge < -0.3 is 10.2 Å². The molecular formula is C13H20N2O. The number of aryl methyl sites for hydroxylation is 1. The van der Waals surface area contributed by atoms with E-state index in [4.69, 9.17) is 0 Å². The second-order valence-corrected chi connectivity index (χ2v) is 4.07. The molecule has 2 amide bonds. The van der Waals surface area contributed by atoms with E-state index in [9.17, 15) is 4.79 Å². The van der Waals surface area contributed by atoms with Crippen LogP contribution < -0.4 is 5.32 Å². The summed E-state index contributed by atoms with van der Waals surface area (Å²) in [7, 11) is 1.82. The zero-order chi connectivity index (χ0) is 12.0. The number of nitrogens with zero attached hydrogens (tertiary/aromatic N) is 1. The third-order valence-electron chi connectivity index (χ3n) is 2.50. The molecule has 0 saturated heterocycles. The van der Waals surface area contributed by atoms with Crippen molar-refractivity contribution in [3.05, 3.63) is 29.8 Å². The van der Waals surface area contributed by atoms with E-state index in [1.54, 1.807) is 4.90 Å². The van der Waals surface area contributed by atoms with Crippen LogP contribution in [0.25, 0.3) is 0 Å². The van der Waals surface area contributed by atoms with E-state index in [-0.39, 0.29) is 6.03 Å². The predicted octanol–water partition coefficient (Wildman–Crippen LogP) is 3.26. The molecule has 0 saturated carbocycles. The number of unbranched alkanes of at least 4 members (excludes halogenated alkanes) is 1. The summed E-state index contributed by atoms with van der Waals surface area (Å²) in [6.07, 6.45) is 2.14. The third kappa shape index (κ3) is 3.93. The van der Waals surface area contributed by atoms with Crippen LogP contribution in [0, 0.1) is 6.92 Å². The van der Waals surface area contributed by atoms with Crippen LogP contribution in [0.1, 0.15) is 25.3 Å². The number of hydrogen-bond donors (Lipinski definition) is 1. The summed E-state index contributed by atoms with van der Waals surface area (Å²) in [6.45, 7) is 4.94. The van der Waals surface area contributed by atoms with E-state index in [2.05, 4.69) is 12.2 Å². The Hall–Kier alpha value is -1.51. The summed E-state index contributed by atoms with van der Waals surface area (Å²) < 4.78 is 0. The number of anilines is 1. The van der Waals surface area contributed by atoms with Crippen molar-refractivity contribution < 1.29 is 4.79 Å². The van der Waals surface area contributed by atoms with Gasteiger partial charge in [0, 0.05) is 19.3 Å². The normalized spacial score (nSPS) is 9.94. The Labute approximate surface area is 97.5 Å². The van der Waals surface area contributed by atoms with E-state index in [1.807, 2.05) is 38.2 Å². The van der Waals surface area contributed by atoms with E-state index in [1.165, 1.54) is 5.56 Å². The summed E-state index contributed by atoms with van der Waals surface area (Å²) >= 11 is 0. The predicted molar refractivity (Wildman–Crippen MR) is 67.7 cm³/mol. The van der Waals surface area contributed by atoms with Crippen LogP contribution in [0.3, 0.4) is 0 Å². The molecule has 0 atom stereocenters. The van der Waals surface area contributed by atoms with Gasteiger partial charge in [-0.25, -0.2) is 4.79 Å². The highest BCUT2D eigenvalue weighted by atomic mass is 16.2. The molecule has 0 bridgehead atoms. The molecule has 0 aliphatic rings. The van der Waals surface area contributed by atoms with Crippen molar-refractivity contribution in [3.8, 4) is 0 Å². The fourth-order valence-corrected chi connectivity index (χ4v) is 1.35. The van der Waals surface area contributed by atoms with E-state index < -0.39 is 0 Å². The highest BCUT2D eigenvalue weighted by Gasteiger charge is 2.07. The standard InChI is InChI=1S/C13H20N2O/c1-4-5-10-15(3)13(16)14-12-8-6-11(2)7-9-12/h6-9H,4-5,10H2,1-3H3,(H,14,16). The van der Waals surface area contributed by atoms with Crippen LogP contribution in [-0.4, -0.2) is 24.5 Å². The Morgan fingerprint density at radius 1 is 1.31 bits per heavy atom. The number of carbonyl (C=O) groups excluding carboxylic acids is 1. The Morgan fingerprint density at radius 2 is 1.94 bits per heavy atom. The van der Waals surface area contributed by atoms with Crippen molar-refractivity contribution in [2.75, 3.05) is 18.9 Å². The lowest BCUT2D eigenvalue weighted by atomic mass is 10.2. The van der Waals surface area contributed by atoms with E-state index in [0.29, 0.717) is 0 Å². The van der Waals surface area contributed by atoms with Crippen molar-refractivity contribution in [1.82, 2.24) is 4.90 Å². The molecular weight excluding hydrogens is 200 g/mol. The van der Waals surface area contributed by atoms with Gasteiger partial charge in [-0.2, -0.15) is 0 Å². The Morgan fingerprint density at radius 3 is 2.50 bits per heavy atom. The van der Waals surface area contributed by atoms with E-state index in [0.717, 1.165) is 25.1 Å². The van der Waals surface area contributed by atoms with Crippen molar-refractivity contribution in [1.29, 1.82) is 0 Å². The molecule has 0 heterocycles. The van der Waals surface area contributed by atoms with Gasteiger partial charge in [0.1, 0.15) is 0 Å². The van der Waals surface area contributed by atoms with Crippen molar-refractivity contribution >= 4 is 11.7 Å². The van der Waals surface area contributed by atoms with Gasteiger partial charge in [0.05, 0.1) is 0 Å². The maximum absolute atomic E-state index is 11.7.